The van der Waals surface area contributed by atoms with Crippen molar-refractivity contribution in [1.29, 1.82) is 0 Å². The summed E-state index contributed by atoms with van der Waals surface area (Å²) >= 11 is 0. The van der Waals surface area contributed by atoms with Crippen LogP contribution in [0, 0.1) is 0 Å². The molecule has 0 saturated carbocycles. The minimum atomic E-state index is -0.180. The van der Waals surface area contributed by atoms with E-state index in [4.69, 9.17) is 4.74 Å². The van der Waals surface area contributed by atoms with Gasteiger partial charge in [-0.15, -0.1) is 0 Å². The number of likely N-dealkylation sites (N-methyl/N-ethyl adjacent to an activating group) is 1. The highest BCUT2D eigenvalue weighted by Crippen LogP contribution is 2.19. The Labute approximate surface area is 111 Å². The van der Waals surface area contributed by atoms with E-state index in [9.17, 15) is 0 Å². The van der Waals surface area contributed by atoms with Crippen molar-refractivity contribution in [2.75, 3.05) is 13.7 Å². The number of nitrogens with zero attached hydrogens (tertiary/aromatic N) is 2. The van der Waals surface area contributed by atoms with Crippen LogP contribution in [0.15, 0.2) is 6.07 Å². The molecule has 104 valence electrons. The highest BCUT2D eigenvalue weighted by atomic mass is 16.5. The van der Waals surface area contributed by atoms with Gasteiger partial charge in [0.05, 0.1) is 11.3 Å². The Balaban J connectivity index is 2.82. The normalized spacial score (nSPS) is 13.9. The van der Waals surface area contributed by atoms with Gasteiger partial charge in [-0.05, 0) is 40.3 Å². The second-order valence-electron chi connectivity index (χ2n) is 5.19. The van der Waals surface area contributed by atoms with E-state index < -0.39 is 0 Å². The quantitative estimate of drug-likeness (QED) is 0.807. The lowest BCUT2D eigenvalue weighted by Gasteiger charge is -2.34. The molecule has 0 radical (unpaired) electrons. The molecule has 4 heteroatoms. The van der Waals surface area contributed by atoms with Gasteiger partial charge in [0, 0.05) is 31.8 Å². The van der Waals surface area contributed by atoms with Gasteiger partial charge in [-0.2, -0.15) is 5.10 Å². The summed E-state index contributed by atoms with van der Waals surface area (Å²) in [7, 11) is 4.00. The molecule has 1 atom stereocenters. The fourth-order valence-electron chi connectivity index (χ4n) is 2.31. The molecule has 1 N–H and O–H groups in total. The topological polar surface area (TPSA) is 39.1 Å². The summed E-state index contributed by atoms with van der Waals surface area (Å²) in [6.45, 7) is 9.17. The van der Waals surface area contributed by atoms with Crippen LogP contribution in [0.25, 0.3) is 0 Å². The zero-order valence-corrected chi connectivity index (χ0v) is 12.6. The van der Waals surface area contributed by atoms with Gasteiger partial charge in [-0.3, -0.25) is 4.68 Å². The van der Waals surface area contributed by atoms with E-state index in [0.29, 0.717) is 0 Å². The molecule has 1 rings (SSSR count). The van der Waals surface area contributed by atoms with Crippen LogP contribution in [0.4, 0.5) is 0 Å². The predicted molar refractivity (Wildman–Crippen MR) is 74.8 cm³/mol. The Hall–Kier alpha value is -0.870. The second kappa shape index (κ2) is 6.34. The number of hydrogen-bond donors (Lipinski definition) is 1. The van der Waals surface area contributed by atoms with Crippen molar-refractivity contribution < 1.29 is 4.74 Å². The molecule has 1 aromatic heterocycles. The van der Waals surface area contributed by atoms with Crippen LogP contribution in [-0.2, 0) is 24.6 Å². The molecule has 1 unspecified atom stereocenters. The van der Waals surface area contributed by atoms with Gasteiger partial charge in [0.25, 0.3) is 0 Å². The smallest absolute Gasteiger partial charge is 0.0782 e. The van der Waals surface area contributed by atoms with Gasteiger partial charge >= 0.3 is 0 Å². The number of aryl methyl sites for hydroxylation is 2. The van der Waals surface area contributed by atoms with Crippen LogP contribution in [-0.4, -0.2) is 35.1 Å². The average Bonchev–Trinajstić information content (AvgIpc) is 2.66. The molecule has 0 spiro atoms. The highest BCUT2D eigenvalue weighted by Gasteiger charge is 2.29. The zero-order chi connectivity index (χ0) is 13.8. The van der Waals surface area contributed by atoms with E-state index in [0.717, 1.165) is 25.1 Å². The average molecular weight is 253 g/mol. The summed E-state index contributed by atoms with van der Waals surface area (Å²) < 4.78 is 7.81. The molecule has 0 saturated heterocycles. The van der Waals surface area contributed by atoms with Gasteiger partial charge in [-0.25, -0.2) is 0 Å². The maximum Gasteiger partial charge on any atom is 0.0782 e. The molecule has 0 aliphatic carbocycles. The van der Waals surface area contributed by atoms with Crippen LogP contribution in [0.1, 0.15) is 39.1 Å². The lowest BCUT2D eigenvalue weighted by Crippen LogP contribution is -2.48. The van der Waals surface area contributed by atoms with Crippen molar-refractivity contribution in [1.82, 2.24) is 15.1 Å². The molecule has 0 fully saturated rings. The molecule has 4 nitrogen and oxygen atoms in total. The zero-order valence-electron chi connectivity index (χ0n) is 12.6. The van der Waals surface area contributed by atoms with E-state index in [1.54, 1.807) is 0 Å². The fourth-order valence-corrected chi connectivity index (χ4v) is 2.31. The lowest BCUT2D eigenvalue weighted by molar-refractivity contribution is -0.0366. The maximum absolute atomic E-state index is 5.84. The minimum Gasteiger partial charge on any atom is -0.374 e. The van der Waals surface area contributed by atoms with E-state index in [2.05, 4.69) is 37.3 Å². The summed E-state index contributed by atoms with van der Waals surface area (Å²) in [5, 5.41) is 7.86. The summed E-state index contributed by atoms with van der Waals surface area (Å²) in [5.41, 5.74) is 2.22. The highest BCUT2D eigenvalue weighted by molar-refractivity contribution is 5.12. The first-order valence-corrected chi connectivity index (χ1v) is 6.77. The first-order chi connectivity index (χ1) is 8.44. The Kier molecular flexibility index (Phi) is 5.35. The number of hydrogen-bond acceptors (Lipinski definition) is 3. The molecule has 0 aliphatic rings. The lowest BCUT2D eigenvalue weighted by atomic mass is 9.94. The first kappa shape index (κ1) is 15.2. The number of rotatable bonds is 7. The van der Waals surface area contributed by atoms with Gasteiger partial charge in [0.2, 0.25) is 0 Å². The van der Waals surface area contributed by atoms with Crippen LogP contribution < -0.4 is 5.32 Å². The van der Waals surface area contributed by atoms with Crippen molar-refractivity contribution in [3.05, 3.63) is 17.5 Å². The molecular formula is C14H27N3O. The molecule has 1 heterocycles. The fraction of sp³-hybridized carbons (Fsp3) is 0.786. The van der Waals surface area contributed by atoms with E-state index in [1.807, 2.05) is 25.7 Å². The van der Waals surface area contributed by atoms with Crippen molar-refractivity contribution >= 4 is 0 Å². The maximum atomic E-state index is 5.84. The van der Waals surface area contributed by atoms with Gasteiger partial charge in [-0.1, -0.05) is 6.92 Å². The summed E-state index contributed by atoms with van der Waals surface area (Å²) in [4.78, 5) is 0. The predicted octanol–water partition coefficient (Wildman–Crippen LogP) is 1.93. The van der Waals surface area contributed by atoms with E-state index in [-0.39, 0.29) is 11.6 Å². The number of nitrogens with one attached hydrogen (secondary N) is 1. The van der Waals surface area contributed by atoms with E-state index >= 15 is 0 Å². The molecule has 1 aromatic rings. The van der Waals surface area contributed by atoms with Gasteiger partial charge < -0.3 is 10.1 Å². The molecular weight excluding hydrogens is 226 g/mol. The third kappa shape index (κ3) is 3.56. The molecule has 18 heavy (non-hydrogen) atoms. The van der Waals surface area contributed by atoms with Crippen molar-refractivity contribution in [2.24, 2.45) is 7.05 Å². The third-order valence-corrected chi connectivity index (χ3v) is 3.51. The summed E-state index contributed by atoms with van der Waals surface area (Å²) in [6.07, 6.45) is 1.90. The number of ether oxygens (including phenoxy) is 1. The van der Waals surface area contributed by atoms with Crippen LogP contribution in [0.2, 0.25) is 0 Å². The standard InChI is InChI=1S/C14H27N3O/c1-7-11-9-12(17(6)16-11)10-13(15-5)14(3,4)18-8-2/h9,13,15H,7-8,10H2,1-6H3. The monoisotopic (exact) mass is 253 g/mol. The van der Waals surface area contributed by atoms with Crippen LogP contribution in [0.3, 0.4) is 0 Å². The summed E-state index contributed by atoms with van der Waals surface area (Å²) in [6, 6.07) is 2.46. The Bertz CT molecular complexity index is 371. The second-order valence-corrected chi connectivity index (χ2v) is 5.19. The SMILES string of the molecule is CCOC(C)(C)C(Cc1cc(CC)nn1C)NC. The molecule has 0 amide bonds. The molecule has 0 aliphatic heterocycles. The van der Waals surface area contributed by atoms with Crippen LogP contribution in [0.5, 0.6) is 0 Å². The number of aromatic nitrogens is 2. The van der Waals surface area contributed by atoms with Crippen LogP contribution >= 0.6 is 0 Å². The minimum absolute atomic E-state index is 0.180. The Morgan fingerprint density at radius 3 is 2.56 bits per heavy atom. The van der Waals surface area contributed by atoms with Crippen molar-refractivity contribution in [3.8, 4) is 0 Å². The Morgan fingerprint density at radius 2 is 2.11 bits per heavy atom. The largest absolute Gasteiger partial charge is 0.374 e. The Morgan fingerprint density at radius 1 is 1.44 bits per heavy atom. The van der Waals surface area contributed by atoms with Crippen molar-refractivity contribution in [2.45, 2.75) is 52.2 Å². The summed E-state index contributed by atoms with van der Waals surface area (Å²) in [5.74, 6) is 0. The molecule has 0 aromatic carbocycles. The van der Waals surface area contributed by atoms with Crippen molar-refractivity contribution in [3.63, 3.8) is 0 Å². The third-order valence-electron chi connectivity index (χ3n) is 3.51. The van der Waals surface area contributed by atoms with Gasteiger partial charge in [0.1, 0.15) is 0 Å². The molecule has 0 bridgehead atoms. The first-order valence-electron chi connectivity index (χ1n) is 6.77. The van der Waals surface area contributed by atoms with E-state index in [1.165, 1.54) is 5.69 Å². The van der Waals surface area contributed by atoms with Gasteiger partial charge in [0.15, 0.2) is 0 Å².